The zero-order chi connectivity index (χ0) is 15.8. The second-order valence-corrected chi connectivity index (χ2v) is 7.15. The summed E-state index contributed by atoms with van der Waals surface area (Å²) in [5.41, 5.74) is 0.337. The molecular weight excluding hydrogens is 250 g/mol. The van der Waals surface area contributed by atoms with Crippen LogP contribution in [-0.4, -0.2) is 36.6 Å². The Labute approximate surface area is 126 Å². The number of carbonyl (C=O) groups is 1. The van der Waals surface area contributed by atoms with Crippen LogP contribution in [0.2, 0.25) is 0 Å². The molecular formula is C17H35NO2. The van der Waals surface area contributed by atoms with Crippen molar-refractivity contribution in [2.24, 2.45) is 5.41 Å². The van der Waals surface area contributed by atoms with Gasteiger partial charge in [-0.3, -0.25) is 4.79 Å². The van der Waals surface area contributed by atoms with Gasteiger partial charge >= 0.3 is 0 Å². The molecule has 0 aliphatic heterocycles. The minimum atomic E-state index is -0.0973. The van der Waals surface area contributed by atoms with Crippen LogP contribution in [0, 0.1) is 5.41 Å². The molecule has 0 aromatic rings. The molecule has 3 nitrogen and oxygen atoms in total. The van der Waals surface area contributed by atoms with Gasteiger partial charge in [0.1, 0.15) is 0 Å². The van der Waals surface area contributed by atoms with E-state index >= 15 is 0 Å². The second kappa shape index (κ2) is 8.66. The molecule has 0 spiro atoms. The molecule has 3 heteroatoms. The number of nitrogens with zero attached hydrogens (tertiary/aromatic N) is 1. The van der Waals surface area contributed by atoms with E-state index in [0.29, 0.717) is 25.0 Å². The molecule has 0 heterocycles. The van der Waals surface area contributed by atoms with E-state index in [9.17, 15) is 4.79 Å². The first-order chi connectivity index (χ1) is 9.13. The van der Waals surface area contributed by atoms with Crippen LogP contribution >= 0.6 is 0 Å². The van der Waals surface area contributed by atoms with E-state index in [4.69, 9.17) is 4.74 Å². The molecule has 0 aromatic heterocycles. The Bertz CT molecular complexity index is 285. The van der Waals surface area contributed by atoms with Gasteiger partial charge in [-0.25, -0.2) is 0 Å². The summed E-state index contributed by atoms with van der Waals surface area (Å²) >= 11 is 0. The monoisotopic (exact) mass is 285 g/mol. The number of carbonyl (C=O) groups excluding carboxylic acids is 1. The standard InChI is InChI=1S/C17H35NO2/c1-8-15(19)18(7)13-14-20-17(5,6)12-10-11-16(3,4)9-2/h8-14H2,1-7H3. The van der Waals surface area contributed by atoms with Crippen molar-refractivity contribution in [3.63, 3.8) is 0 Å². The summed E-state index contributed by atoms with van der Waals surface area (Å²) in [6.45, 7) is 14.4. The molecule has 0 aliphatic carbocycles. The molecule has 0 radical (unpaired) electrons. The largest absolute Gasteiger partial charge is 0.374 e. The summed E-state index contributed by atoms with van der Waals surface area (Å²) in [5.74, 6) is 0.177. The van der Waals surface area contributed by atoms with Crippen LogP contribution in [-0.2, 0) is 9.53 Å². The van der Waals surface area contributed by atoms with E-state index in [-0.39, 0.29) is 11.5 Å². The van der Waals surface area contributed by atoms with Crippen LogP contribution in [0.5, 0.6) is 0 Å². The Morgan fingerprint density at radius 3 is 2.20 bits per heavy atom. The van der Waals surface area contributed by atoms with Crippen LogP contribution in [0.4, 0.5) is 0 Å². The highest BCUT2D eigenvalue weighted by Gasteiger charge is 2.21. The Morgan fingerprint density at radius 2 is 1.70 bits per heavy atom. The fraction of sp³-hybridized carbons (Fsp3) is 0.941. The highest BCUT2D eigenvalue weighted by Crippen LogP contribution is 2.29. The summed E-state index contributed by atoms with van der Waals surface area (Å²) in [6.07, 6.45) is 5.29. The Balaban J connectivity index is 3.93. The van der Waals surface area contributed by atoms with E-state index in [2.05, 4.69) is 34.6 Å². The first-order valence-corrected chi connectivity index (χ1v) is 8.01. The average molecular weight is 285 g/mol. The number of rotatable bonds is 10. The van der Waals surface area contributed by atoms with Crippen LogP contribution in [0.3, 0.4) is 0 Å². The van der Waals surface area contributed by atoms with E-state index in [1.165, 1.54) is 19.3 Å². The maximum Gasteiger partial charge on any atom is 0.222 e. The van der Waals surface area contributed by atoms with Crippen molar-refractivity contribution in [3.05, 3.63) is 0 Å². The van der Waals surface area contributed by atoms with Crippen LogP contribution in [0.25, 0.3) is 0 Å². The SMILES string of the molecule is CCC(=O)N(C)CCOC(C)(C)CCCC(C)(C)CC. The van der Waals surface area contributed by atoms with Gasteiger partial charge in [0.2, 0.25) is 5.91 Å². The van der Waals surface area contributed by atoms with Gasteiger partial charge in [-0.05, 0) is 32.1 Å². The van der Waals surface area contributed by atoms with Gasteiger partial charge in [-0.2, -0.15) is 0 Å². The predicted octanol–water partition coefficient (Wildman–Crippen LogP) is 4.26. The van der Waals surface area contributed by atoms with Gasteiger partial charge < -0.3 is 9.64 Å². The van der Waals surface area contributed by atoms with E-state index < -0.39 is 0 Å². The Hall–Kier alpha value is -0.570. The third-order valence-electron chi connectivity index (χ3n) is 4.24. The van der Waals surface area contributed by atoms with Crippen molar-refractivity contribution in [1.29, 1.82) is 0 Å². The van der Waals surface area contributed by atoms with Gasteiger partial charge in [-0.15, -0.1) is 0 Å². The van der Waals surface area contributed by atoms with Gasteiger partial charge in [0.05, 0.1) is 12.2 Å². The lowest BCUT2D eigenvalue weighted by atomic mass is 9.83. The first kappa shape index (κ1) is 19.4. The van der Waals surface area contributed by atoms with Crippen molar-refractivity contribution in [2.75, 3.05) is 20.2 Å². The second-order valence-electron chi connectivity index (χ2n) is 7.15. The maximum absolute atomic E-state index is 11.5. The van der Waals surface area contributed by atoms with Crippen LogP contribution in [0.1, 0.15) is 73.6 Å². The molecule has 1 amide bonds. The normalized spacial score (nSPS) is 12.6. The zero-order valence-electron chi connectivity index (χ0n) is 14.7. The fourth-order valence-corrected chi connectivity index (χ4v) is 2.10. The van der Waals surface area contributed by atoms with Gasteiger partial charge in [0.15, 0.2) is 0 Å². The number of hydrogen-bond donors (Lipinski definition) is 0. The first-order valence-electron chi connectivity index (χ1n) is 8.01. The predicted molar refractivity (Wildman–Crippen MR) is 85.9 cm³/mol. The van der Waals surface area contributed by atoms with Crippen molar-refractivity contribution in [3.8, 4) is 0 Å². The third-order valence-corrected chi connectivity index (χ3v) is 4.24. The molecule has 0 aliphatic rings. The minimum Gasteiger partial charge on any atom is -0.374 e. The molecule has 0 saturated carbocycles. The van der Waals surface area contributed by atoms with Crippen LogP contribution < -0.4 is 0 Å². The smallest absolute Gasteiger partial charge is 0.222 e. The molecule has 0 fully saturated rings. The molecule has 0 bridgehead atoms. The summed E-state index contributed by atoms with van der Waals surface area (Å²) in [4.78, 5) is 13.2. The summed E-state index contributed by atoms with van der Waals surface area (Å²) in [5, 5.41) is 0. The zero-order valence-corrected chi connectivity index (χ0v) is 14.7. The van der Waals surface area contributed by atoms with Crippen molar-refractivity contribution < 1.29 is 9.53 Å². The third kappa shape index (κ3) is 8.57. The van der Waals surface area contributed by atoms with Crippen molar-refractivity contribution in [2.45, 2.75) is 79.2 Å². The average Bonchev–Trinajstić information content (AvgIpc) is 2.36. The number of ether oxygens (including phenoxy) is 1. The maximum atomic E-state index is 11.5. The molecule has 0 N–H and O–H groups in total. The number of amides is 1. The fourth-order valence-electron chi connectivity index (χ4n) is 2.10. The minimum absolute atomic E-state index is 0.0973. The molecule has 0 saturated heterocycles. The van der Waals surface area contributed by atoms with Gasteiger partial charge in [-0.1, -0.05) is 40.5 Å². The lowest BCUT2D eigenvalue weighted by molar-refractivity contribution is -0.131. The van der Waals surface area contributed by atoms with Gasteiger partial charge in [0.25, 0.3) is 0 Å². The lowest BCUT2D eigenvalue weighted by Gasteiger charge is -2.29. The molecule has 0 atom stereocenters. The molecule has 0 rings (SSSR count). The highest BCUT2D eigenvalue weighted by atomic mass is 16.5. The van der Waals surface area contributed by atoms with Crippen LogP contribution in [0.15, 0.2) is 0 Å². The summed E-state index contributed by atoms with van der Waals surface area (Å²) < 4.78 is 5.95. The van der Waals surface area contributed by atoms with E-state index in [1.54, 1.807) is 4.90 Å². The molecule has 120 valence electrons. The summed E-state index contributed by atoms with van der Waals surface area (Å²) in [6, 6.07) is 0. The van der Waals surface area contributed by atoms with Crippen molar-refractivity contribution >= 4 is 5.91 Å². The lowest BCUT2D eigenvalue weighted by Crippen LogP contribution is -2.33. The van der Waals surface area contributed by atoms with E-state index in [0.717, 1.165) is 6.42 Å². The number of likely N-dealkylation sites (N-methyl/N-ethyl adjacent to an activating group) is 1. The Kier molecular flexibility index (Phi) is 8.41. The molecule has 0 aromatic carbocycles. The number of hydrogen-bond acceptors (Lipinski definition) is 2. The molecule has 20 heavy (non-hydrogen) atoms. The molecule has 0 unspecified atom stereocenters. The topological polar surface area (TPSA) is 29.5 Å². The van der Waals surface area contributed by atoms with Crippen molar-refractivity contribution in [1.82, 2.24) is 4.90 Å². The van der Waals surface area contributed by atoms with E-state index in [1.807, 2.05) is 14.0 Å². The quantitative estimate of drug-likeness (QED) is 0.600. The van der Waals surface area contributed by atoms with Gasteiger partial charge in [0, 0.05) is 20.0 Å². The highest BCUT2D eigenvalue weighted by molar-refractivity contribution is 5.75. The Morgan fingerprint density at radius 1 is 1.10 bits per heavy atom. The summed E-state index contributed by atoms with van der Waals surface area (Å²) in [7, 11) is 1.84.